The average Bonchev–Trinajstić information content (AvgIpc) is 3.05. The van der Waals surface area contributed by atoms with Crippen LogP contribution in [0.15, 0.2) is 59.2 Å². The van der Waals surface area contributed by atoms with Crippen LogP contribution in [0.1, 0.15) is 5.56 Å². The lowest BCUT2D eigenvalue weighted by Crippen LogP contribution is -1.90. The normalized spacial score (nSPS) is 11.2. The fraction of sp³-hybridized carbons (Fsp3) is 0.0526. The van der Waals surface area contributed by atoms with Crippen molar-refractivity contribution >= 4 is 38.6 Å². The van der Waals surface area contributed by atoms with E-state index in [1.54, 1.807) is 12.3 Å². The van der Waals surface area contributed by atoms with Crippen LogP contribution in [-0.2, 0) is 6.61 Å². The zero-order valence-corrected chi connectivity index (χ0v) is 15.3. The van der Waals surface area contributed by atoms with E-state index in [0.29, 0.717) is 16.3 Å². The largest absolute Gasteiger partial charge is 0.392 e. The van der Waals surface area contributed by atoms with E-state index in [2.05, 4.69) is 30.9 Å². The number of H-pyrrole nitrogens is 1. The van der Waals surface area contributed by atoms with Crippen molar-refractivity contribution in [3.8, 4) is 22.6 Å². The first-order chi connectivity index (χ1) is 12.1. The number of aliphatic hydroxyl groups excluding tert-OH is 1. The third kappa shape index (κ3) is 3.18. The maximum Gasteiger partial charge on any atom is 0.138 e. The number of hydrogen-bond acceptors (Lipinski definition) is 3. The molecule has 2 aromatic heterocycles. The fourth-order valence-corrected chi connectivity index (χ4v) is 3.34. The molecule has 6 heteroatoms. The number of aromatic amines is 1. The summed E-state index contributed by atoms with van der Waals surface area (Å²) in [6.07, 6.45) is 1.63. The van der Waals surface area contributed by atoms with Crippen LogP contribution < -0.4 is 0 Å². The Labute approximate surface area is 157 Å². The molecule has 0 amide bonds. The molecule has 0 aliphatic heterocycles. The maximum atomic E-state index is 9.15. The van der Waals surface area contributed by atoms with Gasteiger partial charge >= 0.3 is 0 Å². The second-order valence-electron chi connectivity index (χ2n) is 5.66. The Hall–Kier alpha value is -2.21. The van der Waals surface area contributed by atoms with E-state index in [1.807, 2.05) is 42.5 Å². The summed E-state index contributed by atoms with van der Waals surface area (Å²) in [7, 11) is 0. The summed E-state index contributed by atoms with van der Waals surface area (Å²) in [6.45, 7) is -0.0753. The minimum absolute atomic E-state index is 0.0753. The Morgan fingerprint density at radius 2 is 1.80 bits per heavy atom. The molecule has 0 spiro atoms. The summed E-state index contributed by atoms with van der Waals surface area (Å²) < 4.78 is 1.01. The molecular formula is C19H13BrClN3O. The molecule has 0 saturated carbocycles. The number of nitrogens with zero attached hydrogens (tertiary/aromatic N) is 2. The van der Waals surface area contributed by atoms with Crippen molar-refractivity contribution < 1.29 is 5.11 Å². The summed E-state index contributed by atoms with van der Waals surface area (Å²) in [4.78, 5) is 12.3. The van der Waals surface area contributed by atoms with Gasteiger partial charge in [0.25, 0.3) is 0 Å². The molecule has 4 nitrogen and oxygen atoms in total. The van der Waals surface area contributed by atoms with Crippen LogP contribution in [0.5, 0.6) is 0 Å². The van der Waals surface area contributed by atoms with Crippen molar-refractivity contribution in [3.05, 3.63) is 69.8 Å². The zero-order valence-electron chi connectivity index (χ0n) is 13.0. The smallest absolute Gasteiger partial charge is 0.138 e. The van der Waals surface area contributed by atoms with Crippen molar-refractivity contribution in [1.29, 1.82) is 0 Å². The van der Waals surface area contributed by atoms with Gasteiger partial charge in [0, 0.05) is 21.8 Å². The first kappa shape index (κ1) is 16.3. The number of aliphatic hydroxyl groups is 1. The molecule has 0 unspecified atom stereocenters. The highest BCUT2D eigenvalue weighted by atomic mass is 79.9. The van der Waals surface area contributed by atoms with Gasteiger partial charge in [-0.3, -0.25) is 4.98 Å². The topological polar surface area (TPSA) is 61.8 Å². The van der Waals surface area contributed by atoms with Crippen LogP contribution in [0.4, 0.5) is 0 Å². The number of halogens is 2. The molecule has 0 fully saturated rings. The molecule has 2 N–H and O–H groups in total. The van der Waals surface area contributed by atoms with E-state index in [4.69, 9.17) is 16.7 Å². The Bertz CT molecular complexity index is 1060. The van der Waals surface area contributed by atoms with E-state index >= 15 is 0 Å². The van der Waals surface area contributed by atoms with Gasteiger partial charge in [-0.25, -0.2) is 4.98 Å². The second-order valence-corrected chi connectivity index (χ2v) is 6.98. The number of aromatic nitrogens is 3. The predicted molar refractivity (Wildman–Crippen MR) is 103 cm³/mol. The minimum Gasteiger partial charge on any atom is -0.392 e. The lowest BCUT2D eigenvalue weighted by molar-refractivity contribution is 0.281. The summed E-state index contributed by atoms with van der Waals surface area (Å²) in [5.41, 5.74) is 5.19. The molecule has 124 valence electrons. The molecule has 0 aliphatic rings. The highest BCUT2D eigenvalue weighted by Crippen LogP contribution is 2.29. The lowest BCUT2D eigenvalue weighted by atomic mass is 10.1. The van der Waals surface area contributed by atoms with E-state index in [9.17, 15) is 0 Å². The zero-order chi connectivity index (χ0) is 17.4. The van der Waals surface area contributed by atoms with E-state index in [0.717, 1.165) is 32.5 Å². The molecule has 0 radical (unpaired) electrons. The molecule has 0 saturated heterocycles. The molecule has 2 aromatic carbocycles. The van der Waals surface area contributed by atoms with Gasteiger partial charge in [-0.05, 0) is 29.8 Å². The first-order valence-electron chi connectivity index (χ1n) is 7.65. The monoisotopic (exact) mass is 413 g/mol. The van der Waals surface area contributed by atoms with Crippen LogP contribution in [-0.4, -0.2) is 20.1 Å². The molecule has 4 rings (SSSR count). The van der Waals surface area contributed by atoms with E-state index in [1.165, 1.54) is 0 Å². The van der Waals surface area contributed by atoms with Crippen LogP contribution in [0.3, 0.4) is 0 Å². The molecule has 0 aliphatic carbocycles. The number of fused-ring (bicyclic) bond motifs is 1. The Morgan fingerprint density at radius 3 is 2.52 bits per heavy atom. The first-order valence-corrected chi connectivity index (χ1v) is 8.82. The van der Waals surface area contributed by atoms with Gasteiger partial charge < -0.3 is 10.1 Å². The number of hydrogen-bond donors (Lipinski definition) is 2. The summed E-state index contributed by atoms with van der Waals surface area (Å²) in [5, 5.41) is 9.67. The molecule has 4 aromatic rings. The minimum atomic E-state index is -0.0753. The average molecular weight is 415 g/mol. The third-order valence-electron chi connectivity index (χ3n) is 3.96. The van der Waals surface area contributed by atoms with Crippen molar-refractivity contribution in [1.82, 2.24) is 15.0 Å². The number of pyridine rings is 1. The number of benzene rings is 2. The SMILES string of the molecule is OCc1cnc(-c2ccc(-c3nc4ccc(Br)cc4[nH]3)cc2)c(Cl)c1. The van der Waals surface area contributed by atoms with Crippen LogP contribution in [0, 0.1) is 0 Å². The van der Waals surface area contributed by atoms with Gasteiger partial charge in [0.1, 0.15) is 5.82 Å². The standard InChI is InChI=1S/C19H13BrClN3O/c20-14-5-6-16-17(8-14)24-19(23-16)13-3-1-12(2-4-13)18-15(21)7-11(10-25)9-22-18/h1-9,25H,10H2,(H,23,24). The number of imidazole rings is 1. The lowest BCUT2D eigenvalue weighted by Gasteiger charge is -2.06. The van der Waals surface area contributed by atoms with Crippen LogP contribution in [0.2, 0.25) is 5.02 Å². The van der Waals surface area contributed by atoms with Gasteiger partial charge in [0.05, 0.1) is 28.4 Å². The van der Waals surface area contributed by atoms with Gasteiger partial charge in [0.15, 0.2) is 0 Å². The number of nitrogens with one attached hydrogen (secondary N) is 1. The molecule has 25 heavy (non-hydrogen) atoms. The summed E-state index contributed by atoms with van der Waals surface area (Å²) >= 11 is 9.74. The van der Waals surface area contributed by atoms with E-state index in [-0.39, 0.29) is 6.61 Å². The van der Waals surface area contributed by atoms with E-state index < -0.39 is 0 Å². The fourth-order valence-electron chi connectivity index (χ4n) is 2.68. The van der Waals surface area contributed by atoms with Gasteiger partial charge in [-0.2, -0.15) is 0 Å². The molecular weight excluding hydrogens is 402 g/mol. The van der Waals surface area contributed by atoms with Gasteiger partial charge in [0.2, 0.25) is 0 Å². The maximum absolute atomic E-state index is 9.15. The van der Waals surface area contributed by atoms with Gasteiger partial charge in [-0.1, -0.05) is 51.8 Å². The number of rotatable bonds is 3. The van der Waals surface area contributed by atoms with Crippen molar-refractivity contribution in [2.45, 2.75) is 6.61 Å². The molecule has 0 bridgehead atoms. The third-order valence-corrected chi connectivity index (χ3v) is 4.74. The van der Waals surface area contributed by atoms with Crippen LogP contribution >= 0.6 is 27.5 Å². The second kappa shape index (κ2) is 6.59. The highest BCUT2D eigenvalue weighted by Gasteiger charge is 2.09. The molecule has 0 atom stereocenters. The molecule has 2 heterocycles. The Kier molecular flexibility index (Phi) is 4.29. The summed E-state index contributed by atoms with van der Waals surface area (Å²) in [5.74, 6) is 0.814. The Balaban J connectivity index is 1.69. The predicted octanol–water partition coefficient (Wildman–Crippen LogP) is 5.20. The van der Waals surface area contributed by atoms with Crippen molar-refractivity contribution in [2.75, 3.05) is 0 Å². The quantitative estimate of drug-likeness (QED) is 0.484. The van der Waals surface area contributed by atoms with Crippen molar-refractivity contribution in [3.63, 3.8) is 0 Å². The van der Waals surface area contributed by atoms with Gasteiger partial charge in [-0.15, -0.1) is 0 Å². The highest BCUT2D eigenvalue weighted by molar-refractivity contribution is 9.10. The summed E-state index contributed by atoms with van der Waals surface area (Å²) in [6, 6.07) is 15.6. The van der Waals surface area contributed by atoms with Crippen molar-refractivity contribution in [2.24, 2.45) is 0 Å². The Morgan fingerprint density at radius 1 is 1.04 bits per heavy atom. The van der Waals surface area contributed by atoms with Crippen LogP contribution in [0.25, 0.3) is 33.7 Å².